The number of anilines is 1. The van der Waals surface area contributed by atoms with Gasteiger partial charge in [-0.3, -0.25) is 0 Å². The number of esters is 1. The van der Waals surface area contributed by atoms with Crippen molar-refractivity contribution in [2.24, 2.45) is 0 Å². The Morgan fingerprint density at radius 3 is 0.971 bits per heavy atom. The van der Waals surface area contributed by atoms with Crippen LogP contribution < -0.4 is 5.32 Å². The summed E-state index contributed by atoms with van der Waals surface area (Å²) in [5.74, 6) is -0.364. The molecule has 0 amide bonds. The predicted molar refractivity (Wildman–Crippen MR) is 264 cm³/mol. The van der Waals surface area contributed by atoms with Crippen molar-refractivity contribution in [3.63, 3.8) is 0 Å². The summed E-state index contributed by atoms with van der Waals surface area (Å²) in [5, 5.41) is 3.32. The lowest BCUT2D eigenvalue weighted by molar-refractivity contribution is -0.0399. The number of hydrogen-bond donors (Lipinski definition) is 1. The van der Waals surface area contributed by atoms with Crippen LogP contribution in [-0.4, -0.2) is 171 Å². The molecule has 4 rings (SSSR count). The highest BCUT2D eigenvalue weighted by atomic mass is 16.6. The van der Waals surface area contributed by atoms with Crippen LogP contribution in [0.4, 0.5) is 5.69 Å². The Morgan fingerprint density at radius 2 is 0.667 bits per heavy atom. The molecule has 0 aliphatic carbocycles. The molecule has 0 saturated carbocycles. The van der Waals surface area contributed by atoms with Gasteiger partial charge in [0.2, 0.25) is 0 Å². The smallest absolute Gasteiger partial charge is 0.338 e. The molecule has 0 aliphatic rings. The number of rotatable bonds is 45. The van der Waals surface area contributed by atoms with Gasteiger partial charge in [-0.05, 0) is 47.4 Å². The van der Waals surface area contributed by atoms with Gasteiger partial charge in [0.15, 0.2) is 0 Å². The number of carbonyl (C=O) groups excluding carboxylic acids is 1. The molecule has 0 heterocycles. The summed E-state index contributed by atoms with van der Waals surface area (Å²) >= 11 is 0. The van der Waals surface area contributed by atoms with Gasteiger partial charge in [0.05, 0.1) is 158 Å². The van der Waals surface area contributed by atoms with Gasteiger partial charge in [-0.2, -0.15) is 0 Å². The lowest BCUT2D eigenvalue weighted by Crippen LogP contribution is -2.34. The van der Waals surface area contributed by atoms with E-state index in [-0.39, 0.29) is 12.6 Å². The second kappa shape index (κ2) is 39.4. The summed E-state index contributed by atoms with van der Waals surface area (Å²) in [4.78, 5) is 12.2. The minimum atomic E-state index is -0.760. The van der Waals surface area contributed by atoms with Crippen molar-refractivity contribution >= 4 is 11.7 Å². The van der Waals surface area contributed by atoms with Crippen LogP contribution >= 0.6 is 0 Å². The fraction of sp³-hybridized carbons (Fsp3) is 0.537. The minimum Gasteiger partial charge on any atom is -0.460 e. The van der Waals surface area contributed by atoms with Crippen LogP contribution in [0.3, 0.4) is 0 Å². The van der Waals surface area contributed by atoms with E-state index in [0.29, 0.717) is 158 Å². The van der Waals surface area contributed by atoms with Gasteiger partial charge in [-0.25, -0.2) is 4.79 Å². The number of benzene rings is 4. The van der Waals surface area contributed by atoms with E-state index in [2.05, 4.69) is 48.6 Å². The zero-order chi connectivity index (χ0) is 48.4. The van der Waals surface area contributed by atoms with Crippen molar-refractivity contribution in [2.45, 2.75) is 25.4 Å². The molecular weight excluding hydrogens is 887 g/mol. The van der Waals surface area contributed by atoms with E-state index in [4.69, 9.17) is 61.6 Å². The molecule has 0 radical (unpaired) electrons. The van der Waals surface area contributed by atoms with Gasteiger partial charge >= 0.3 is 5.97 Å². The van der Waals surface area contributed by atoms with Crippen molar-refractivity contribution in [1.82, 2.24) is 0 Å². The molecule has 1 N–H and O–H groups in total. The molecule has 0 bridgehead atoms. The summed E-state index contributed by atoms with van der Waals surface area (Å²) in [6.07, 6.45) is 2.24. The van der Waals surface area contributed by atoms with Crippen molar-refractivity contribution in [3.8, 4) is 0 Å². The van der Waals surface area contributed by atoms with Crippen LogP contribution in [0.25, 0.3) is 0 Å². The topological polar surface area (TPSA) is 149 Å². The summed E-state index contributed by atoms with van der Waals surface area (Å²) in [6.45, 7) is 13.8. The van der Waals surface area contributed by atoms with Gasteiger partial charge in [0, 0.05) is 12.2 Å². The van der Waals surface area contributed by atoms with E-state index in [1.165, 1.54) is 0 Å². The Balaban J connectivity index is 0.813. The van der Waals surface area contributed by atoms with Crippen LogP contribution in [0, 0.1) is 0 Å². The fourth-order valence-electron chi connectivity index (χ4n) is 6.73. The number of hydrogen-bond acceptors (Lipinski definition) is 15. The summed E-state index contributed by atoms with van der Waals surface area (Å²) < 4.78 is 73.4. The SMILES string of the molecule is CCCCNc1ccc(C(=O)OCCOCCOCCOCCOCCOCCOCCOCCOCCOCCOCCOCCOC(c2ccccc2)(c2ccccc2)c2ccccc2)cc1. The maximum atomic E-state index is 12.2. The molecule has 15 nitrogen and oxygen atoms in total. The van der Waals surface area contributed by atoms with Gasteiger partial charge in [-0.15, -0.1) is 0 Å². The van der Waals surface area contributed by atoms with Crippen LogP contribution in [0.2, 0.25) is 0 Å². The van der Waals surface area contributed by atoms with Crippen LogP contribution in [0.5, 0.6) is 0 Å². The largest absolute Gasteiger partial charge is 0.460 e. The van der Waals surface area contributed by atoms with Gasteiger partial charge in [0.25, 0.3) is 0 Å². The first-order chi connectivity index (χ1) is 34.2. The molecule has 4 aromatic carbocycles. The predicted octanol–water partition coefficient (Wildman–Crippen LogP) is 7.25. The number of ether oxygens (including phenoxy) is 13. The van der Waals surface area contributed by atoms with Gasteiger partial charge < -0.3 is 66.9 Å². The molecule has 0 fully saturated rings. The summed E-state index contributed by atoms with van der Waals surface area (Å²) in [6, 6.07) is 38.3. The molecule has 382 valence electrons. The first-order valence-electron chi connectivity index (χ1n) is 24.4. The second-order valence-corrected chi connectivity index (χ2v) is 15.4. The van der Waals surface area contributed by atoms with E-state index in [1.807, 2.05) is 66.7 Å². The Labute approximate surface area is 410 Å². The third-order valence-corrected chi connectivity index (χ3v) is 10.2. The Morgan fingerprint density at radius 1 is 0.377 bits per heavy atom. The Bertz CT molecular complexity index is 1680. The van der Waals surface area contributed by atoms with Crippen LogP contribution in [0.15, 0.2) is 115 Å². The molecular formula is C54H77NO14. The molecule has 0 unspecified atom stereocenters. The third-order valence-electron chi connectivity index (χ3n) is 10.2. The number of nitrogens with one attached hydrogen (secondary N) is 1. The van der Waals surface area contributed by atoms with E-state index in [0.717, 1.165) is 41.8 Å². The van der Waals surface area contributed by atoms with Gasteiger partial charge in [0.1, 0.15) is 12.2 Å². The molecule has 69 heavy (non-hydrogen) atoms. The van der Waals surface area contributed by atoms with Crippen LogP contribution in [0.1, 0.15) is 46.8 Å². The first-order valence-corrected chi connectivity index (χ1v) is 24.4. The van der Waals surface area contributed by atoms with Gasteiger partial charge in [-0.1, -0.05) is 104 Å². The fourth-order valence-corrected chi connectivity index (χ4v) is 6.73. The van der Waals surface area contributed by atoms with Crippen molar-refractivity contribution in [3.05, 3.63) is 138 Å². The molecule has 15 heteroatoms. The lowest BCUT2D eigenvalue weighted by Gasteiger charge is -2.36. The third kappa shape index (κ3) is 25.4. The summed E-state index contributed by atoms with van der Waals surface area (Å²) in [7, 11) is 0. The summed E-state index contributed by atoms with van der Waals surface area (Å²) in [5.41, 5.74) is 3.94. The molecule has 0 spiro atoms. The minimum absolute atomic E-state index is 0.184. The highest BCUT2D eigenvalue weighted by Crippen LogP contribution is 2.40. The van der Waals surface area contributed by atoms with E-state index in [9.17, 15) is 4.79 Å². The Kier molecular flexibility index (Phi) is 32.7. The normalized spacial score (nSPS) is 11.6. The number of unbranched alkanes of at least 4 members (excludes halogenated alkanes) is 1. The zero-order valence-electron chi connectivity index (χ0n) is 40.8. The zero-order valence-corrected chi connectivity index (χ0v) is 40.8. The number of carbonyl (C=O) groups is 1. The molecule has 4 aromatic rings. The lowest BCUT2D eigenvalue weighted by atomic mass is 9.80. The van der Waals surface area contributed by atoms with Crippen molar-refractivity contribution in [1.29, 1.82) is 0 Å². The van der Waals surface area contributed by atoms with E-state index >= 15 is 0 Å². The standard InChI is InChI=1S/C54H77NO14/c1-2-3-23-55-52-21-19-48(20-22-52)53(56)68-46-44-66-42-40-64-38-36-62-34-32-60-30-28-58-26-24-57-25-27-59-29-31-61-33-35-63-37-39-65-41-43-67-45-47-69-54(49-13-7-4-8-14-49,50-15-9-5-10-16-50)51-17-11-6-12-18-51/h4-22,55H,2-3,23-47H2,1H3. The molecule has 0 aromatic heterocycles. The molecule has 0 atom stereocenters. The highest BCUT2D eigenvalue weighted by Gasteiger charge is 2.37. The first kappa shape index (κ1) is 57.3. The molecule has 0 saturated heterocycles. The monoisotopic (exact) mass is 964 g/mol. The Hall–Kier alpha value is -4.33. The quantitative estimate of drug-likeness (QED) is 0.0269. The maximum Gasteiger partial charge on any atom is 0.338 e. The second-order valence-electron chi connectivity index (χ2n) is 15.4. The molecule has 0 aliphatic heterocycles. The highest BCUT2D eigenvalue weighted by molar-refractivity contribution is 5.89. The maximum absolute atomic E-state index is 12.2. The van der Waals surface area contributed by atoms with Crippen molar-refractivity contribution in [2.75, 3.05) is 170 Å². The average molecular weight is 964 g/mol. The van der Waals surface area contributed by atoms with E-state index < -0.39 is 5.60 Å². The van der Waals surface area contributed by atoms with E-state index in [1.54, 1.807) is 12.1 Å². The average Bonchev–Trinajstić information content (AvgIpc) is 3.39. The van der Waals surface area contributed by atoms with Crippen molar-refractivity contribution < 1.29 is 66.4 Å². The van der Waals surface area contributed by atoms with Crippen LogP contribution in [-0.2, 0) is 67.2 Å².